The number of nitrogens with zero attached hydrogens (tertiary/aromatic N) is 2. The van der Waals surface area contributed by atoms with Crippen molar-refractivity contribution in [3.05, 3.63) is 76.4 Å². The number of nitrogens with one attached hydrogen (secondary N) is 1. The Morgan fingerprint density at radius 2 is 1.89 bits per heavy atom. The van der Waals surface area contributed by atoms with Gasteiger partial charge in [-0.15, -0.1) is 11.3 Å². The van der Waals surface area contributed by atoms with Crippen LogP contribution in [0.1, 0.15) is 10.4 Å². The molecule has 0 bridgehead atoms. The van der Waals surface area contributed by atoms with E-state index in [9.17, 15) is 9.18 Å². The van der Waals surface area contributed by atoms with Gasteiger partial charge in [-0.2, -0.15) is 4.98 Å². The predicted molar refractivity (Wildman–Crippen MR) is 102 cm³/mol. The molecule has 8 heteroatoms. The molecule has 0 aliphatic carbocycles. The minimum absolute atomic E-state index is 0.0398. The molecular formula is C19H11ClFN3O2S. The van der Waals surface area contributed by atoms with Gasteiger partial charge >= 0.3 is 0 Å². The average Bonchev–Trinajstić information content (AvgIpc) is 3.32. The van der Waals surface area contributed by atoms with E-state index >= 15 is 0 Å². The van der Waals surface area contributed by atoms with Crippen LogP contribution in [-0.2, 0) is 0 Å². The van der Waals surface area contributed by atoms with Gasteiger partial charge in [-0.1, -0.05) is 28.9 Å². The first-order valence-electron chi connectivity index (χ1n) is 7.85. The number of anilines is 1. The zero-order valence-electron chi connectivity index (χ0n) is 13.6. The van der Waals surface area contributed by atoms with Gasteiger partial charge in [-0.3, -0.25) is 4.79 Å². The van der Waals surface area contributed by atoms with Crippen LogP contribution >= 0.6 is 22.9 Å². The SMILES string of the molecule is O=C(Nc1ccsc1-c1nc(-c2ccc(Cl)cc2)no1)c1ccccc1F. The summed E-state index contributed by atoms with van der Waals surface area (Å²) in [6.07, 6.45) is 0. The van der Waals surface area contributed by atoms with E-state index in [1.54, 1.807) is 41.8 Å². The van der Waals surface area contributed by atoms with Gasteiger partial charge in [0.2, 0.25) is 5.82 Å². The monoisotopic (exact) mass is 399 g/mol. The molecule has 0 radical (unpaired) electrons. The van der Waals surface area contributed by atoms with Crippen molar-refractivity contribution >= 4 is 34.5 Å². The van der Waals surface area contributed by atoms with E-state index in [0.29, 0.717) is 21.4 Å². The fraction of sp³-hybridized carbons (Fsp3) is 0. The molecule has 4 rings (SSSR count). The fourth-order valence-corrected chi connectivity index (χ4v) is 3.34. The van der Waals surface area contributed by atoms with Crippen LogP contribution < -0.4 is 5.32 Å². The Kier molecular flexibility index (Phi) is 4.70. The number of carbonyl (C=O) groups is 1. The molecule has 27 heavy (non-hydrogen) atoms. The Labute approximate surface area is 162 Å². The summed E-state index contributed by atoms with van der Waals surface area (Å²) in [4.78, 5) is 17.3. The molecule has 2 heterocycles. The number of halogens is 2. The molecule has 1 amide bonds. The molecule has 0 saturated carbocycles. The van der Waals surface area contributed by atoms with Crippen LogP contribution in [-0.4, -0.2) is 16.0 Å². The first-order chi connectivity index (χ1) is 13.1. The first kappa shape index (κ1) is 17.4. The van der Waals surface area contributed by atoms with Crippen LogP contribution in [0.5, 0.6) is 0 Å². The molecule has 2 aromatic heterocycles. The van der Waals surface area contributed by atoms with Crippen molar-refractivity contribution in [2.75, 3.05) is 5.32 Å². The summed E-state index contributed by atoms with van der Waals surface area (Å²) in [6.45, 7) is 0. The van der Waals surface area contributed by atoms with E-state index in [0.717, 1.165) is 5.56 Å². The predicted octanol–water partition coefficient (Wildman–Crippen LogP) is 5.51. The molecule has 0 saturated heterocycles. The van der Waals surface area contributed by atoms with Crippen LogP contribution in [0.3, 0.4) is 0 Å². The Morgan fingerprint density at radius 1 is 1.11 bits per heavy atom. The van der Waals surface area contributed by atoms with Crippen LogP contribution in [0.25, 0.3) is 22.2 Å². The lowest BCUT2D eigenvalue weighted by Crippen LogP contribution is -2.13. The number of aromatic nitrogens is 2. The highest BCUT2D eigenvalue weighted by Crippen LogP contribution is 2.34. The third-order valence-electron chi connectivity index (χ3n) is 3.75. The molecule has 5 nitrogen and oxygen atoms in total. The van der Waals surface area contributed by atoms with E-state index in [2.05, 4.69) is 15.5 Å². The number of hydrogen-bond donors (Lipinski definition) is 1. The van der Waals surface area contributed by atoms with Crippen molar-refractivity contribution in [2.24, 2.45) is 0 Å². The molecule has 1 N–H and O–H groups in total. The summed E-state index contributed by atoms with van der Waals surface area (Å²) in [5.41, 5.74) is 1.18. The van der Waals surface area contributed by atoms with Crippen molar-refractivity contribution in [2.45, 2.75) is 0 Å². The molecule has 0 unspecified atom stereocenters. The maximum absolute atomic E-state index is 13.8. The third kappa shape index (κ3) is 3.60. The Bertz CT molecular complexity index is 1110. The molecule has 0 spiro atoms. The van der Waals surface area contributed by atoms with Crippen molar-refractivity contribution < 1.29 is 13.7 Å². The summed E-state index contributed by atoms with van der Waals surface area (Å²) in [5, 5.41) is 9.04. The molecule has 134 valence electrons. The van der Waals surface area contributed by atoms with Crippen LogP contribution in [0.15, 0.2) is 64.5 Å². The molecule has 4 aromatic rings. The van der Waals surface area contributed by atoms with E-state index < -0.39 is 11.7 Å². The van der Waals surface area contributed by atoms with Gasteiger partial charge in [0.05, 0.1) is 11.3 Å². The largest absolute Gasteiger partial charge is 0.333 e. The van der Waals surface area contributed by atoms with Gasteiger partial charge < -0.3 is 9.84 Å². The minimum Gasteiger partial charge on any atom is -0.333 e. The summed E-state index contributed by atoms with van der Waals surface area (Å²) in [7, 11) is 0. The second-order valence-electron chi connectivity index (χ2n) is 5.53. The summed E-state index contributed by atoms with van der Waals surface area (Å²) < 4.78 is 19.1. The fourth-order valence-electron chi connectivity index (χ4n) is 2.44. The zero-order valence-corrected chi connectivity index (χ0v) is 15.2. The van der Waals surface area contributed by atoms with E-state index in [-0.39, 0.29) is 11.5 Å². The smallest absolute Gasteiger partial charge is 0.270 e. The van der Waals surface area contributed by atoms with Gasteiger partial charge in [-0.25, -0.2) is 4.39 Å². The Balaban J connectivity index is 1.60. The minimum atomic E-state index is -0.588. The number of benzene rings is 2. The summed E-state index contributed by atoms with van der Waals surface area (Å²) in [5.74, 6) is -0.472. The topological polar surface area (TPSA) is 68.0 Å². The van der Waals surface area contributed by atoms with Crippen LogP contribution in [0, 0.1) is 5.82 Å². The molecule has 2 aromatic carbocycles. The van der Waals surface area contributed by atoms with Crippen molar-refractivity contribution in [3.8, 4) is 22.2 Å². The van der Waals surface area contributed by atoms with Gasteiger partial charge in [0.1, 0.15) is 10.7 Å². The summed E-state index contributed by atoms with van der Waals surface area (Å²) in [6, 6.07) is 14.5. The van der Waals surface area contributed by atoms with Gasteiger partial charge in [0, 0.05) is 10.6 Å². The summed E-state index contributed by atoms with van der Waals surface area (Å²) >= 11 is 7.22. The Hall–Kier alpha value is -3.03. The van der Waals surface area contributed by atoms with E-state index in [1.807, 2.05) is 0 Å². The maximum atomic E-state index is 13.8. The second-order valence-corrected chi connectivity index (χ2v) is 6.88. The molecular weight excluding hydrogens is 389 g/mol. The highest BCUT2D eigenvalue weighted by molar-refractivity contribution is 7.14. The number of thiophene rings is 1. The molecule has 0 atom stereocenters. The standard InChI is InChI=1S/C19H11ClFN3O2S/c20-12-7-5-11(6-8-12)17-23-19(26-24-17)16-15(9-10-27-16)22-18(25)13-3-1-2-4-14(13)21/h1-10H,(H,22,25). The lowest BCUT2D eigenvalue weighted by molar-refractivity contribution is 0.102. The molecule has 0 fully saturated rings. The van der Waals surface area contributed by atoms with Crippen molar-refractivity contribution in [3.63, 3.8) is 0 Å². The molecule has 0 aliphatic rings. The maximum Gasteiger partial charge on any atom is 0.270 e. The average molecular weight is 400 g/mol. The van der Waals surface area contributed by atoms with Crippen LogP contribution in [0.4, 0.5) is 10.1 Å². The lowest BCUT2D eigenvalue weighted by atomic mass is 10.2. The highest BCUT2D eigenvalue weighted by atomic mass is 35.5. The van der Waals surface area contributed by atoms with E-state index in [1.165, 1.54) is 29.5 Å². The van der Waals surface area contributed by atoms with Gasteiger partial charge in [-0.05, 0) is 47.8 Å². The number of amides is 1. The van der Waals surface area contributed by atoms with Crippen LogP contribution in [0.2, 0.25) is 5.02 Å². The third-order valence-corrected chi connectivity index (χ3v) is 4.91. The normalized spacial score (nSPS) is 10.7. The second kappa shape index (κ2) is 7.30. The Morgan fingerprint density at radius 3 is 2.67 bits per heavy atom. The first-order valence-corrected chi connectivity index (χ1v) is 9.11. The number of hydrogen-bond acceptors (Lipinski definition) is 5. The number of rotatable bonds is 4. The zero-order chi connectivity index (χ0) is 18.8. The van der Waals surface area contributed by atoms with E-state index in [4.69, 9.17) is 16.1 Å². The molecule has 0 aliphatic heterocycles. The number of carbonyl (C=O) groups excluding carboxylic acids is 1. The lowest BCUT2D eigenvalue weighted by Gasteiger charge is -2.05. The van der Waals surface area contributed by atoms with Gasteiger partial charge in [0.25, 0.3) is 11.8 Å². The highest BCUT2D eigenvalue weighted by Gasteiger charge is 2.19. The van der Waals surface area contributed by atoms with Crippen molar-refractivity contribution in [1.29, 1.82) is 0 Å². The van der Waals surface area contributed by atoms with Gasteiger partial charge in [0.15, 0.2) is 0 Å². The van der Waals surface area contributed by atoms with Crippen molar-refractivity contribution in [1.82, 2.24) is 10.1 Å². The quantitative estimate of drug-likeness (QED) is 0.491.